The van der Waals surface area contributed by atoms with E-state index in [9.17, 15) is 14.4 Å². The molecule has 8 nitrogen and oxygen atoms in total. The Balaban J connectivity index is 1.13. The van der Waals surface area contributed by atoms with Crippen molar-refractivity contribution in [1.29, 1.82) is 0 Å². The van der Waals surface area contributed by atoms with Gasteiger partial charge in [-0.05, 0) is 85.5 Å². The Kier molecular flexibility index (Phi) is 6.44. The SMILES string of the molecule is O=C(NCCN1C(=O)S/C(=C\c2ccc3c(c2)OCO3)C1=O)c1ccc(OC2CCCC2)cc1. The molecule has 0 unspecified atom stereocenters. The van der Waals surface area contributed by atoms with Gasteiger partial charge >= 0.3 is 0 Å². The van der Waals surface area contributed by atoms with Crippen LogP contribution in [0.25, 0.3) is 6.08 Å². The molecular formula is C25H24N2O6S. The molecule has 176 valence electrons. The second-order valence-electron chi connectivity index (χ2n) is 8.25. The van der Waals surface area contributed by atoms with Gasteiger partial charge in [-0.2, -0.15) is 0 Å². The largest absolute Gasteiger partial charge is 0.490 e. The molecule has 0 atom stereocenters. The van der Waals surface area contributed by atoms with Crippen molar-refractivity contribution in [2.75, 3.05) is 19.9 Å². The van der Waals surface area contributed by atoms with Crippen LogP contribution in [0.5, 0.6) is 17.2 Å². The van der Waals surface area contributed by atoms with Crippen molar-refractivity contribution in [2.45, 2.75) is 31.8 Å². The van der Waals surface area contributed by atoms with Gasteiger partial charge in [-0.25, -0.2) is 0 Å². The lowest BCUT2D eigenvalue weighted by molar-refractivity contribution is -0.122. The van der Waals surface area contributed by atoms with Gasteiger partial charge in [0.25, 0.3) is 17.1 Å². The Bertz CT molecular complexity index is 1140. The molecule has 0 bridgehead atoms. The van der Waals surface area contributed by atoms with Crippen molar-refractivity contribution >= 4 is 34.9 Å². The number of fused-ring (bicyclic) bond motifs is 1. The van der Waals surface area contributed by atoms with Crippen molar-refractivity contribution in [1.82, 2.24) is 10.2 Å². The summed E-state index contributed by atoms with van der Waals surface area (Å²) in [5.74, 6) is 1.37. The summed E-state index contributed by atoms with van der Waals surface area (Å²) in [4.78, 5) is 39.0. The first-order valence-electron chi connectivity index (χ1n) is 11.3. The maximum absolute atomic E-state index is 12.7. The predicted octanol–water partition coefficient (Wildman–Crippen LogP) is 4.20. The highest BCUT2D eigenvalue weighted by Crippen LogP contribution is 2.36. The van der Waals surface area contributed by atoms with Gasteiger partial charge in [0.15, 0.2) is 11.5 Å². The monoisotopic (exact) mass is 480 g/mol. The van der Waals surface area contributed by atoms with E-state index < -0.39 is 0 Å². The average Bonchev–Trinajstić information content (AvgIpc) is 3.57. The molecule has 0 spiro atoms. The zero-order chi connectivity index (χ0) is 23.5. The van der Waals surface area contributed by atoms with Gasteiger partial charge in [-0.15, -0.1) is 0 Å². The number of carbonyl (C=O) groups excluding carboxylic acids is 3. The number of amides is 3. The van der Waals surface area contributed by atoms with Crippen molar-refractivity contribution < 1.29 is 28.6 Å². The van der Waals surface area contributed by atoms with Crippen LogP contribution in [0.2, 0.25) is 0 Å². The number of imide groups is 1. The number of hydrogen-bond donors (Lipinski definition) is 1. The molecule has 1 aliphatic carbocycles. The molecule has 0 radical (unpaired) electrons. The lowest BCUT2D eigenvalue weighted by atomic mass is 10.2. The van der Waals surface area contributed by atoms with E-state index in [4.69, 9.17) is 14.2 Å². The Morgan fingerprint density at radius 1 is 1.09 bits per heavy atom. The summed E-state index contributed by atoms with van der Waals surface area (Å²) in [5.41, 5.74) is 1.24. The fourth-order valence-corrected chi connectivity index (χ4v) is 4.98. The van der Waals surface area contributed by atoms with E-state index in [2.05, 4.69) is 5.32 Å². The Labute approximate surface area is 201 Å². The molecule has 2 aromatic rings. The third-order valence-corrected chi connectivity index (χ3v) is 6.82. The van der Waals surface area contributed by atoms with Gasteiger partial charge in [-0.3, -0.25) is 19.3 Å². The van der Waals surface area contributed by atoms with Gasteiger partial charge in [0.05, 0.1) is 11.0 Å². The highest BCUT2D eigenvalue weighted by Gasteiger charge is 2.34. The number of rotatable bonds is 7. The van der Waals surface area contributed by atoms with Crippen LogP contribution in [0.15, 0.2) is 47.4 Å². The third-order valence-electron chi connectivity index (χ3n) is 5.91. The second kappa shape index (κ2) is 9.80. The summed E-state index contributed by atoms with van der Waals surface area (Å²) < 4.78 is 16.6. The van der Waals surface area contributed by atoms with Gasteiger partial charge in [0, 0.05) is 18.7 Å². The topological polar surface area (TPSA) is 94.2 Å². The van der Waals surface area contributed by atoms with E-state index in [1.165, 1.54) is 12.8 Å². The first kappa shape index (κ1) is 22.3. The molecule has 2 fully saturated rings. The third kappa shape index (κ3) is 4.89. The van der Waals surface area contributed by atoms with E-state index >= 15 is 0 Å². The molecule has 9 heteroatoms. The van der Waals surface area contributed by atoms with Crippen LogP contribution < -0.4 is 19.5 Å². The Morgan fingerprint density at radius 3 is 2.65 bits per heavy atom. The van der Waals surface area contributed by atoms with Crippen molar-refractivity contribution in [3.8, 4) is 17.2 Å². The molecular weight excluding hydrogens is 456 g/mol. The zero-order valence-corrected chi connectivity index (χ0v) is 19.3. The first-order valence-corrected chi connectivity index (χ1v) is 12.1. The lowest BCUT2D eigenvalue weighted by Gasteiger charge is -2.14. The molecule has 3 aliphatic rings. The fourth-order valence-electron chi connectivity index (χ4n) is 4.11. The van der Waals surface area contributed by atoms with E-state index in [-0.39, 0.29) is 43.0 Å². The standard InChI is InChI=1S/C25H24N2O6S/c28-23(17-6-8-19(9-7-17)33-18-3-1-2-4-18)26-11-12-27-24(29)22(34-25(27)30)14-16-5-10-20-21(13-16)32-15-31-20/h5-10,13-14,18H,1-4,11-12,15H2,(H,26,28)/b22-14-. The molecule has 2 aromatic carbocycles. The summed E-state index contributed by atoms with van der Waals surface area (Å²) >= 11 is 0.879. The number of ether oxygens (including phenoxy) is 3. The summed E-state index contributed by atoms with van der Waals surface area (Å²) in [6.07, 6.45) is 6.45. The van der Waals surface area contributed by atoms with E-state index in [0.29, 0.717) is 22.0 Å². The normalized spacial score (nSPS) is 18.7. The molecule has 5 rings (SSSR count). The maximum atomic E-state index is 12.7. The van der Waals surface area contributed by atoms with E-state index in [1.54, 1.807) is 48.5 Å². The van der Waals surface area contributed by atoms with E-state index in [0.717, 1.165) is 40.8 Å². The number of thioether (sulfide) groups is 1. The minimum atomic E-state index is -0.379. The Morgan fingerprint density at radius 2 is 1.85 bits per heavy atom. The summed E-state index contributed by atoms with van der Waals surface area (Å²) in [5, 5.41) is 2.41. The van der Waals surface area contributed by atoms with Crippen LogP contribution in [-0.4, -0.2) is 47.9 Å². The fraction of sp³-hybridized carbons (Fsp3) is 0.320. The number of benzene rings is 2. The molecule has 3 amide bonds. The van der Waals surface area contributed by atoms with Gasteiger partial charge in [0.2, 0.25) is 6.79 Å². The van der Waals surface area contributed by atoms with E-state index in [1.807, 2.05) is 0 Å². The number of carbonyl (C=O) groups is 3. The molecule has 34 heavy (non-hydrogen) atoms. The molecule has 2 heterocycles. The second-order valence-corrected chi connectivity index (χ2v) is 9.24. The number of nitrogens with zero attached hydrogens (tertiary/aromatic N) is 1. The highest BCUT2D eigenvalue weighted by molar-refractivity contribution is 8.18. The van der Waals surface area contributed by atoms with Gasteiger partial charge in [-0.1, -0.05) is 6.07 Å². The highest BCUT2D eigenvalue weighted by atomic mass is 32.2. The zero-order valence-electron chi connectivity index (χ0n) is 18.5. The molecule has 2 aliphatic heterocycles. The quantitative estimate of drug-likeness (QED) is 0.594. The molecule has 0 aromatic heterocycles. The summed E-state index contributed by atoms with van der Waals surface area (Å²) in [6.45, 7) is 0.422. The van der Waals surface area contributed by atoms with Crippen LogP contribution >= 0.6 is 11.8 Å². The van der Waals surface area contributed by atoms with Crippen LogP contribution in [0.4, 0.5) is 4.79 Å². The Hall–Kier alpha value is -3.46. The minimum absolute atomic E-state index is 0.0950. The van der Waals surface area contributed by atoms with Gasteiger partial charge in [0.1, 0.15) is 5.75 Å². The van der Waals surface area contributed by atoms with Crippen molar-refractivity contribution in [2.24, 2.45) is 0 Å². The van der Waals surface area contributed by atoms with Crippen LogP contribution in [0, 0.1) is 0 Å². The van der Waals surface area contributed by atoms with Crippen LogP contribution in [-0.2, 0) is 4.79 Å². The van der Waals surface area contributed by atoms with Crippen molar-refractivity contribution in [3.63, 3.8) is 0 Å². The summed E-state index contributed by atoms with van der Waals surface area (Å²) in [6, 6.07) is 12.4. The molecule has 1 saturated heterocycles. The minimum Gasteiger partial charge on any atom is -0.490 e. The maximum Gasteiger partial charge on any atom is 0.293 e. The smallest absolute Gasteiger partial charge is 0.293 e. The molecule has 1 N–H and O–H groups in total. The van der Waals surface area contributed by atoms with Crippen LogP contribution in [0.3, 0.4) is 0 Å². The lowest BCUT2D eigenvalue weighted by Crippen LogP contribution is -2.37. The van der Waals surface area contributed by atoms with Crippen LogP contribution in [0.1, 0.15) is 41.6 Å². The molecule has 1 saturated carbocycles. The summed E-state index contributed by atoms with van der Waals surface area (Å²) in [7, 11) is 0. The number of nitrogens with one attached hydrogen (secondary N) is 1. The van der Waals surface area contributed by atoms with Gasteiger partial charge < -0.3 is 19.5 Å². The predicted molar refractivity (Wildman–Crippen MR) is 127 cm³/mol. The first-order chi connectivity index (χ1) is 16.6. The average molecular weight is 481 g/mol. The van der Waals surface area contributed by atoms with Crippen molar-refractivity contribution in [3.05, 3.63) is 58.5 Å². The number of hydrogen-bond acceptors (Lipinski definition) is 7.